The highest BCUT2D eigenvalue weighted by Gasteiger charge is 2.16. The molecular formula is C18H23N3O2. The smallest absolute Gasteiger partial charge is 0.155 e. The van der Waals surface area contributed by atoms with Gasteiger partial charge in [0.1, 0.15) is 11.6 Å². The second kappa shape index (κ2) is 7.42. The number of hydrogen-bond acceptors (Lipinski definition) is 4. The van der Waals surface area contributed by atoms with Gasteiger partial charge in [0, 0.05) is 12.8 Å². The Morgan fingerprint density at radius 1 is 1.30 bits per heavy atom. The number of allylic oxidation sites excluding steroid dienone is 2. The van der Waals surface area contributed by atoms with Crippen molar-refractivity contribution in [2.45, 2.75) is 32.2 Å². The molecule has 3 rings (SSSR count). The molecule has 1 N–H and O–H groups in total. The Labute approximate surface area is 136 Å². The Kier molecular flexibility index (Phi) is 5.08. The van der Waals surface area contributed by atoms with Gasteiger partial charge in [0.2, 0.25) is 0 Å². The lowest BCUT2D eigenvalue weighted by atomic mass is 10.1. The first kappa shape index (κ1) is 15.7. The van der Waals surface area contributed by atoms with Gasteiger partial charge in [0.15, 0.2) is 5.82 Å². The van der Waals surface area contributed by atoms with E-state index in [0.29, 0.717) is 18.9 Å². The number of hydrogen-bond donors (Lipinski definition) is 1. The Morgan fingerprint density at radius 2 is 2.13 bits per heavy atom. The van der Waals surface area contributed by atoms with Gasteiger partial charge in [-0.25, -0.2) is 9.67 Å². The topological polar surface area (TPSA) is 60.2 Å². The van der Waals surface area contributed by atoms with Crippen molar-refractivity contribution in [1.82, 2.24) is 14.8 Å². The molecule has 0 saturated heterocycles. The monoisotopic (exact) mass is 313 g/mol. The van der Waals surface area contributed by atoms with E-state index in [0.717, 1.165) is 35.8 Å². The van der Waals surface area contributed by atoms with Crippen LogP contribution in [0.1, 0.15) is 30.1 Å². The molecule has 0 radical (unpaired) electrons. The van der Waals surface area contributed by atoms with Crippen molar-refractivity contribution in [3.63, 3.8) is 0 Å². The van der Waals surface area contributed by atoms with Crippen molar-refractivity contribution < 1.29 is 9.84 Å². The fraction of sp³-hybridized carbons (Fsp3) is 0.444. The molecule has 0 saturated carbocycles. The normalized spacial score (nSPS) is 16.9. The van der Waals surface area contributed by atoms with Crippen molar-refractivity contribution in [3.8, 4) is 5.75 Å². The molecule has 1 unspecified atom stereocenters. The Morgan fingerprint density at radius 3 is 2.78 bits per heavy atom. The largest absolute Gasteiger partial charge is 0.497 e. The van der Waals surface area contributed by atoms with Gasteiger partial charge in [-0.3, -0.25) is 0 Å². The molecule has 1 aromatic carbocycles. The first-order chi connectivity index (χ1) is 11.3. The van der Waals surface area contributed by atoms with Gasteiger partial charge in [-0.15, -0.1) is 0 Å². The van der Waals surface area contributed by atoms with E-state index in [1.807, 2.05) is 28.9 Å². The zero-order chi connectivity index (χ0) is 16.1. The second-order valence-corrected chi connectivity index (χ2v) is 5.89. The lowest BCUT2D eigenvalue weighted by molar-refractivity contribution is 0.266. The average molecular weight is 313 g/mol. The highest BCUT2D eigenvalue weighted by molar-refractivity contribution is 5.28. The molecule has 5 heteroatoms. The third kappa shape index (κ3) is 3.99. The predicted octanol–water partition coefficient (Wildman–Crippen LogP) is 2.38. The molecule has 1 aliphatic rings. The average Bonchev–Trinajstić information content (AvgIpc) is 3.20. The third-order valence-corrected chi connectivity index (χ3v) is 4.18. The minimum absolute atomic E-state index is 0.0822. The molecule has 0 fully saturated rings. The summed E-state index contributed by atoms with van der Waals surface area (Å²) in [5, 5.41) is 13.8. The maximum atomic E-state index is 9.25. The number of benzene rings is 1. The summed E-state index contributed by atoms with van der Waals surface area (Å²) in [5.74, 6) is 3.17. The minimum Gasteiger partial charge on any atom is -0.497 e. The molecule has 0 amide bonds. The number of aliphatic hydroxyl groups excluding tert-OH is 1. The first-order valence-electron chi connectivity index (χ1n) is 8.11. The van der Waals surface area contributed by atoms with Crippen molar-refractivity contribution in [3.05, 3.63) is 53.6 Å². The molecule has 1 aromatic heterocycles. The van der Waals surface area contributed by atoms with Gasteiger partial charge in [-0.1, -0.05) is 24.3 Å². The molecule has 23 heavy (non-hydrogen) atoms. The summed E-state index contributed by atoms with van der Waals surface area (Å²) < 4.78 is 7.03. The zero-order valence-electron chi connectivity index (χ0n) is 13.5. The highest BCUT2D eigenvalue weighted by Crippen LogP contribution is 2.21. The molecule has 0 bridgehead atoms. The van der Waals surface area contributed by atoms with Gasteiger partial charge in [0.05, 0.1) is 20.3 Å². The fourth-order valence-corrected chi connectivity index (χ4v) is 2.95. The lowest BCUT2D eigenvalue weighted by Crippen LogP contribution is -2.11. The van der Waals surface area contributed by atoms with E-state index in [4.69, 9.17) is 9.72 Å². The SMILES string of the molecule is COc1ccc(Cc2nc(CC3C=CCC3)n(CCO)n2)cc1. The van der Waals surface area contributed by atoms with Crippen LogP contribution in [0.3, 0.4) is 0 Å². The van der Waals surface area contributed by atoms with Crippen LogP contribution in [0.25, 0.3) is 0 Å². The Bertz CT molecular complexity index is 661. The summed E-state index contributed by atoms with van der Waals surface area (Å²) in [6.07, 6.45) is 8.41. The molecule has 122 valence electrons. The molecule has 0 aliphatic heterocycles. The summed E-state index contributed by atoms with van der Waals surface area (Å²) in [7, 11) is 1.66. The molecule has 1 aliphatic carbocycles. The summed E-state index contributed by atoms with van der Waals surface area (Å²) in [6.45, 7) is 0.584. The minimum atomic E-state index is 0.0822. The van der Waals surface area contributed by atoms with E-state index in [2.05, 4.69) is 17.3 Å². The van der Waals surface area contributed by atoms with Crippen LogP contribution in [-0.4, -0.2) is 33.6 Å². The van der Waals surface area contributed by atoms with E-state index >= 15 is 0 Å². The molecule has 5 nitrogen and oxygen atoms in total. The number of aromatic nitrogens is 3. The van der Waals surface area contributed by atoms with Crippen LogP contribution in [0.4, 0.5) is 0 Å². The lowest BCUT2D eigenvalue weighted by Gasteiger charge is -2.07. The Hall–Kier alpha value is -2.14. The standard InChI is InChI=1S/C18H23N3O2/c1-23-16-8-6-15(7-9-16)12-17-19-18(21(20-17)10-11-22)13-14-4-2-3-5-14/h2,4,6-9,14,22H,3,5,10-13H2,1H3. The quantitative estimate of drug-likeness (QED) is 0.797. The number of ether oxygens (including phenoxy) is 1. The van der Waals surface area contributed by atoms with Crippen molar-refractivity contribution >= 4 is 0 Å². The summed E-state index contributed by atoms with van der Waals surface area (Å²) in [6, 6.07) is 7.96. The number of methoxy groups -OCH3 is 1. The van der Waals surface area contributed by atoms with Gasteiger partial charge < -0.3 is 9.84 Å². The summed E-state index contributed by atoms with van der Waals surface area (Å²) >= 11 is 0. The van der Waals surface area contributed by atoms with Crippen molar-refractivity contribution in [2.75, 3.05) is 13.7 Å². The molecule has 2 aromatic rings. The summed E-state index contributed by atoms with van der Waals surface area (Å²) in [4.78, 5) is 4.71. The maximum absolute atomic E-state index is 9.25. The highest BCUT2D eigenvalue weighted by atomic mass is 16.5. The van der Waals surface area contributed by atoms with E-state index < -0.39 is 0 Å². The van der Waals surface area contributed by atoms with Crippen LogP contribution in [0, 0.1) is 5.92 Å². The predicted molar refractivity (Wildman–Crippen MR) is 88.5 cm³/mol. The van der Waals surface area contributed by atoms with Gasteiger partial charge >= 0.3 is 0 Å². The summed E-state index contributed by atoms with van der Waals surface area (Å²) in [5.41, 5.74) is 1.15. The molecule has 0 spiro atoms. The second-order valence-electron chi connectivity index (χ2n) is 5.89. The van der Waals surface area contributed by atoms with E-state index in [1.165, 1.54) is 6.42 Å². The van der Waals surface area contributed by atoms with Crippen LogP contribution >= 0.6 is 0 Å². The number of aliphatic hydroxyl groups is 1. The van der Waals surface area contributed by atoms with E-state index in [-0.39, 0.29) is 6.61 Å². The fourth-order valence-electron chi connectivity index (χ4n) is 2.95. The van der Waals surface area contributed by atoms with Gasteiger partial charge in [-0.2, -0.15) is 5.10 Å². The zero-order valence-corrected chi connectivity index (χ0v) is 13.5. The number of nitrogens with zero attached hydrogens (tertiary/aromatic N) is 3. The van der Waals surface area contributed by atoms with Crippen LogP contribution in [0.5, 0.6) is 5.75 Å². The molecule has 1 heterocycles. The molecule has 1 atom stereocenters. The first-order valence-corrected chi connectivity index (χ1v) is 8.11. The molecular weight excluding hydrogens is 290 g/mol. The van der Waals surface area contributed by atoms with Crippen LogP contribution < -0.4 is 4.74 Å². The maximum Gasteiger partial charge on any atom is 0.155 e. The van der Waals surface area contributed by atoms with E-state index in [9.17, 15) is 5.11 Å². The van der Waals surface area contributed by atoms with Crippen LogP contribution in [0.2, 0.25) is 0 Å². The third-order valence-electron chi connectivity index (χ3n) is 4.18. The van der Waals surface area contributed by atoms with Crippen molar-refractivity contribution in [2.24, 2.45) is 5.92 Å². The van der Waals surface area contributed by atoms with Crippen LogP contribution in [0.15, 0.2) is 36.4 Å². The van der Waals surface area contributed by atoms with Crippen molar-refractivity contribution in [1.29, 1.82) is 0 Å². The van der Waals surface area contributed by atoms with Gasteiger partial charge in [-0.05, 0) is 36.5 Å². The van der Waals surface area contributed by atoms with Crippen LogP contribution in [-0.2, 0) is 19.4 Å². The Balaban J connectivity index is 1.74. The number of rotatable bonds is 7. The van der Waals surface area contributed by atoms with E-state index in [1.54, 1.807) is 7.11 Å². The van der Waals surface area contributed by atoms with Gasteiger partial charge in [0.25, 0.3) is 0 Å².